The van der Waals surface area contributed by atoms with Crippen molar-refractivity contribution in [3.63, 3.8) is 0 Å². The van der Waals surface area contributed by atoms with E-state index in [0.717, 1.165) is 19.3 Å². The number of alkyl halides is 3. The summed E-state index contributed by atoms with van der Waals surface area (Å²) in [6.45, 7) is 2.23. The van der Waals surface area contributed by atoms with Crippen LogP contribution in [-0.4, -0.2) is 34.1 Å². The summed E-state index contributed by atoms with van der Waals surface area (Å²) < 4.78 is 2.86. The minimum Gasteiger partial charge on any atom is -0.465 e. The third kappa shape index (κ3) is 14.8. The largest absolute Gasteiger partial charge is 0.465 e. The Labute approximate surface area is 230 Å². The Kier molecular flexibility index (Phi) is 16.4. The Morgan fingerprint density at radius 3 is 1.89 bits per heavy atom. The Morgan fingerprint density at radius 1 is 0.886 bits per heavy atom. The molecule has 1 atom stereocenters. The first-order chi connectivity index (χ1) is 16.7. The van der Waals surface area contributed by atoms with Gasteiger partial charge in [0.2, 0.25) is 9.70 Å². The molecule has 0 bridgehead atoms. The molecule has 0 saturated heterocycles. The van der Waals surface area contributed by atoms with Crippen LogP contribution >= 0.6 is 47.0 Å². The summed E-state index contributed by atoms with van der Waals surface area (Å²) >= 11 is 23.4. The first kappa shape index (κ1) is 31.7. The van der Waals surface area contributed by atoms with E-state index < -0.39 is 15.9 Å². The number of hydrogen-bond donors (Lipinski definition) is 3. The van der Waals surface area contributed by atoms with Crippen LogP contribution in [0, 0.1) is 0 Å². The standard InChI is InChI=1S/C25H38Cl3N3O3S/c1-3-4-5-6-7-8-9-10-11-12-13-14-21(32)30-23(25(26,27)28)31-24(35)29-20-17-15-19(16-18-20)22(33)34-2/h15-18,23H,3-14H2,1-2H3,(H,30,32)(H2,29,31,35)/t23-/m0/s1. The van der Waals surface area contributed by atoms with Gasteiger partial charge in [-0.05, 0) is 42.9 Å². The number of carbonyl (C=O) groups excluding carboxylic acids is 2. The van der Waals surface area contributed by atoms with E-state index in [0.29, 0.717) is 17.7 Å². The molecule has 0 unspecified atom stereocenters. The molecule has 198 valence electrons. The van der Waals surface area contributed by atoms with Gasteiger partial charge in [-0.15, -0.1) is 0 Å². The predicted molar refractivity (Wildman–Crippen MR) is 150 cm³/mol. The summed E-state index contributed by atoms with van der Waals surface area (Å²) in [6, 6.07) is 6.52. The molecule has 1 aromatic rings. The van der Waals surface area contributed by atoms with Crippen LogP contribution in [0.4, 0.5) is 5.69 Å². The number of carbonyl (C=O) groups is 2. The molecule has 0 radical (unpaired) electrons. The highest BCUT2D eigenvalue weighted by Gasteiger charge is 2.34. The molecule has 0 heterocycles. The monoisotopic (exact) mass is 565 g/mol. The van der Waals surface area contributed by atoms with Gasteiger partial charge in [0.05, 0.1) is 12.7 Å². The van der Waals surface area contributed by atoms with Gasteiger partial charge in [-0.25, -0.2) is 4.79 Å². The number of anilines is 1. The number of benzene rings is 1. The van der Waals surface area contributed by atoms with Crippen molar-refractivity contribution in [3.05, 3.63) is 29.8 Å². The van der Waals surface area contributed by atoms with Crippen molar-refractivity contribution in [3.8, 4) is 0 Å². The molecule has 6 nitrogen and oxygen atoms in total. The highest BCUT2D eigenvalue weighted by Crippen LogP contribution is 2.29. The molecule has 0 aliphatic rings. The Bertz CT molecular complexity index is 773. The van der Waals surface area contributed by atoms with Crippen molar-refractivity contribution in [1.29, 1.82) is 0 Å². The minimum absolute atomic E-state index is 0.155. The van der Waals surface area contributed by atoms with Crippen molar-refractivity contribution < 1.29 is 14.3 Å². The maximum absolute atomic E-state index is 12.4. The molecule has 35 heavy (non-hydrogen) atoms. The van der Waals surface area contributed by atoms with Gasteiger partial charge in [-0.1, -0.05) is 106 Å². The van der Waals surface area contributed by atoms with Crippen LogP contribution < -0.4 is 16.0 Å². The molecule has 3 N–H and O–H groups in total. The van der Waals surface area contributed by atoms with Crippen molar-refractivity contribution in [2.45, 2.75) is 93.9 Å². The summed E-state index contributed by atoms with van der Waals surface area (Å²) in [5.41, 5.74) is 1.02. The Hall–Kier alpha value is -1.28. The van der Waals surface area contributed by atoms with Crippen LogP contribution in [0.5, 0.6) is 0 Å². The van der Waals surface area contributed by atoms with Gasteiger partial charge in [-0.3, -0.25) is 4.79 Å². The topological polar surface area (TPSA) is 79.5 Å². The smallest absolute Gasteiger partial charge is 0.337 e. The lowest BCUT2D eigenvalue weighted by molar-refractivity contribution is -0.122. The molecule has 1 aromatic carbocycles. The van der Waals surface area contributed by atoms with Crippen LogP contribution in [0.1, 0.15) is 94.3 Å². The van der Waals surface area contributed by atoms with Gasteiger partial charge in [0.1, 0.15) is 6.17 Å². The lowest BCUT2D eigenvalue weighted by Gasteiger charge is -2.27. The first-order valence-corrected chi connectivity index (χ1v) is 13.8. The third-order valence-corrected chi connectivity index (χ3v) is 6.35. The number of nitrogens with one attached hydrogen (secondary N) is 3. The van der Waals surface area contributed by atoms with E-state index in [4.69, 9.17) is 47.0 Å². The Balaban J connectivity index is 2.33. The average Bonchev–Trinajstić information content (AvgIpc) is 2.81. The number of rotatable bonds is 16. The zero-order valence-electron chi connectivity index (χ0n) is 20.6. The molecular weight excluding hydrogens is 529 g/mol. The summed E-state index contributed by atoms with van der Waals surface area (Å²) in [4.78, 5) is 23.9. The molecule has 1 rings (SSSR count). The zero-order valence-corrected chi connectivity index (χ0v) is 23.7. The second-order valence-corrected chi connectivity index (χ2v) is 11.3. The van der Waals surface area contributed by atoms with E-state index in [2.05, 4.69) is 27.6 Å². The van der Waals surface area contributed by atoms with E-state index in [1.54, 1.807) is 24.3 Å². The van der Waals surface area contributed by atoms with E-state index in [1.165, 1.54) is 58.5 Å². The average molecular weight is 567 g/mol. The molecule has 0 saturated carbocycles. The van der Waals surface area contributed by atoms with Crippen LogP contribution in [0.3, 0.4) is 0 Å². The lowest BCUT2D eigenvalue weighted by atomic mass is 10.1. The molecular formula is C25H38Cl3N3O3S. The number of halogens is 3. The van der Waals surface area contributed by atoms with E-state index in [9.17, 15) is 9.59 Å². The second kappa shape index (κ2) is 18.0. The molecule has 0 spiro atoms. The SMILES string of the molecule is CCCCCCCCCCCCCC(=O)N[C@@H](NC(=S)Nc1ccc(C(=O)OC)cc1)C(Cl)(Cl)Cl. The van der Waals surface area contributed by atoms with Gasteiger partial charge >= 0.3 is 5.97 Å². The maximum atomic E-state index is 12.4. The molecule has 0 aromatic heterocycles. The van der Waals surface area contributed by atoms with E-state index in [-0.39, 0.29) is 11.0 Å². The number of ether oxygens (including phenoxy) is 1. The summed E-state index contributed by atoms with van der Waals surface area (Å²) in [7, 11) is 1.32. The fraction of sp³-hybridized carbons (Fsp3) is 0.640. The molecule has 10 heteroatoms. The second-order valence-electron chi connectivity index (χ2n) is 8.50. The molecule has 0 fully saturated rings. The number of methoxy groups -OCH3 is 1. The van der Waals surface area contributed by atoms with Crippen molar-refractivity contribution in [1.82, 2.24) is 10.6 Å². The summed E-state index contributed by atoms with van der Waals surface area (Å²) in [6.07, 6.45) is 12.6. The van der Waals surface area contributed by atoms with Crippen LogP contribution in [-0.2, 0) is 9.53 Å². The predicted octanol–water partition coefficient (Wildman–Crippen LogP) is 7.27. The number of amides is 1. The summed E-state index contributed by atoms with van der Waals surface area (Å²) in [5, 5.41) is 8.62. The van der Waals surface area contributed by atoms with Gasteiger partial charge in [0.25, 0.3) is 0 Å². The van der Waals surface area contributed by atoms with Crippen LogP contribution in [0.2, 0.25) is 0 Å². The van der Waals surface area contributed by atoms with Crippen LogP contribution in [0.25, 0.3) is 0 Å². The van der Waals surface area contributed by atoms with E-state index >= 15 is 0 Å². The summed E-state index contributed by atoms with van der Waals surface area (Å²) in [5.74, 6) is -0.649. The Morgan fingerprint density at radius 2 is 1.40 bits per heavy atom. The molecule has 1 amide bonds. The van der Waals surface area contributed by atoms with Crippen LogP contribution in [0.15, 0.2) is 24.3 Å². The number of hydrogen-bond acceptors (Lipinski definition) is 4. The zero-order chi connectivity index (χ0) is 26.1. The van der Waals surface area contributed by atoms with Gasteiger partial charge in [0, 0.05) is 12.1 Å². The van der Waals surface area contributed by atoms with E-state index in [1.807, 2.05) is 0 Å². The first-order valence-electron chi connectivity index (χ1n) is 12.3. The number of unbranched alkanes of at least 4 members (excludes halogenated alkanes) is 10. The highest BCUT2D eigenvalue weighted by atomic mass is 35.6. The van der Waals surface area contributed by atoms with Crippen molar-refractivity contribution >= 4 is 69.7 Å². The number of thiocarbonyl (C=S) groups is 1. The van der Waals surface area contributed by atoms with Gasteiger partial charge in [-0.2, -0.15) is 0 Å². The maximum Gasteiger partial charge on any atom is 0.337 e. The quantitative estimate of drug-likeness (QED) is 0.0642. The van der Waals surface area contributed by atoms with Crippen molar-refractivity contribution in [2.75, 3.05) is 12.4 Å². The molecule has 0 aliphatic heterocycles. The van der Waals surface area contributed by atoms with Gasteiger partial charge in [0.15, 0.2) is 5.11 Å². The minimum atomic E-state index is -1.81. The van der Waals surface area contributed by atoms with Crippen molar-refractivity contribution in [2.24, 2.45) is 0 Å². The molecule has 0 aliphatic carbocycles. The fourth-order valence-electron chi connectivity index (χ4n) is 3.49. The lowest BCUT2D eigenvalue weighted by Crippen LogP contribution is -2.56. The van der Waals surface area contributed by atoms with Gasteiger partial charge < -0.3 is 20.7 Å². The highest BCUT2D eigenvalue weighted by molar-refractivity contribution is 7.80. The number of esters is 1. The fourth-order valence-corrected chi connectivity index (χ4v) is 4.05. The third-order valence-electron chi connectivity index (χ3n) is 5.48. The normalized spacial score (nSPS) is 12.0.